The summed E-state index contributed by atoms with van der Waals surface area (Å²) in [6, 6.07) is 6.23. The number of anilines is 1. The first-order valence-corrected chi connectivity index (χ1v) is 8.45. The fourth-order valence-corrected chi connectivity index (χ4v) is 4.10. The van der Waals surface area contributed by atoms with Crippen LogP contribution in [0.2, 0.25) is 0 Å². The summed E-state index contributed by atoms with van der Waals surface area (Å²) in [5.74, 6) is 0. The van der Waals surface area contributed by atoms with E-state index in [0.29, 0.717) is 19.6 Å². The van der Waals surface area contributed by atoms with Crippen LogP contribution in [0.1, 0.15) is 0 Å². The molecule has 23 heavy (non-hydrogen) atoms. The first-order chi connectivity index (χ1) is 11.3. The number of nitrogens with one attached hydrogen (secondary N) is 1. The zero-order chi connectivity index (χ0) is 15.8. The maximum Gasteiger partial charge on any atom is 0.103 e. The largest absolute Gasteiger partial charge is 0.383 e. The fraction of sp³-hybridized carbons (Fsp3) is 0.250. The Morgan fingerprint density at radius 1 is 1.17 bits per heavy atom. The van der Waals surface area contributed by atoms with Crippen LogP contribution in [-0.2, 0) is 6.54 Å². The molecule has 0 unspecified atom stereocenters. The second-order valence-corrected chi connectivity index (χ2v) is 6.44. The molecule has 2 aromatic heterocycles. The van der Waals surface area contributed by atoms with E-state index < -0.39 is 0 Å². The normalized spacial score (nSPS) is 12.4. The Morgan fingerprint density at radius 2 is 2.09 bits per heavy atom. The summed E-state index contributed by atoms with van der Waals surface area (Å²) >= 11 is 1.73. The minimum absolute atomic E-state index is 0.565. The highest BCUT2D eigenvalue weighted by atomic mass is 32.2. The number of nitrogens with zero attached hydrogens (tertiary/aromatic N) is 3. The van der Waals surface area contributed by atoms with E-state index in [-0.39, 0.29) is 0 Å². The van der Waals surface area contributed by atoms with Crippen molar-refractivity contribution in [3.63, 3.8) is 0 Å². The molecule has 1 aliphatic rings. The summed E-state index contributed by atoms with van der Waals surface area (Å²) < 4.78 is 2.00. The van der Waals surface area contributed by atoms with Gasteiger partial charge in [-0.1, -0.05) is 11.8 Å². The lowest BCUT2D eigenvalue weighted by atomic mass is 10.1. The first-order valence-electron chi connectivity index (χ1n) is 7.63. The quantitative estimate of drug-likeness (QED) is 0.518. The van der Waals surface area contributed by atoms with E-state index in [1.54, 1.807) is 11.8 Å². The van der Waals surface area contributed by atoms with Crippen molar-refractivity contribution in [1.82, 2.24) is 14.8 Å². The molecule has 0 saturated carbocycles. The SMILES string of the molecule is NCCNc1ccc2c3c(nn2CCN)-c2ccncc2Sc13. The number of benzene rings is 1. The molecular weight excluding hydrogens is 308 g/mol. The van der Waals surface area contributed by atoms with E-state index in [1.165, 1.54) is 10.3 Å². The van der Waals surface area contributed by atoms with Crippen molar-refractivity contribution in [3.8, 4) is 11.3 Å². The van der Waals surface area contributed by atoms with Crippen molar-refractivity contribution in [3.05, 3.63) is 30.6 Å². The molecule has 0 radical (unpaired) electrons. The molecular formula is C16H18N6S. The van der Waals surface area contributed by atoms with Crippen LogP contribution in [0.15, 0.2) is 40.4 Å². The molecule has 1 aliphatic heterocycles. The van der Waals surface area contributed by atoms with Gasteiger partial charge in [-0.25, -0.2) is 0 Å². The Bertz CT molecular complexity index is 872. The maximum absolute atomic E-state index is 5.74. The average Bonchev–Trinajstić information content (AvgIpc) is 2.95. The molecule has 3 aromatic rings. The molecule has 0 fully saturated rings. The predicted molar refractivity (Wildman–Crippen MR) is 93.7 cm³/mol. The van der Waals surface area contributed by atoms with Gasteiger partial charge in [0.15, 0.2) is 0 Å². The third-order valence-corrected chi connectivity index (χ3v) is 5.10. The monoisotopic (exact) mass is 326 g/mol. The zero-order valence-electron chi connectivity index (χ0n) is 12.6. The molecule has 118 valence electrons. The standard InChI is InChI=1S/C16H18N6S/c17-4-7-20-11-1-2-12-14-15(21-22(12)8-5-18)10-3-6-19-9-13(10)23-16(11)14/h1-3,6,9,20H,4-5,7-8,17-18H2. The molecule has 6 nitrogen and oxygen atoms in total. The maximum atomic E-state index is 5.74. The number of hydrogen-bond acceptors (Lipinski definition) is 6. The van der Waals surface area contributed by atoms with E-state index in [9.17, 15) is 0 Å². The number of pyridine rings is 1. The second kappa shape index (κ2) is 5.84. The molecule has 5 N–H and O–H groups in total. The summed E-state index contributed by atoms with van der Waals surface area (Å²) in [6.45, 7) is 2.61. The average molecular weight is 326 g/mol. The van der Waals surface area contributed by atoms with Crippen molar-refractivity contribution < 1.29 is 0 Å². The smallest absolute Gasteiger partial charge is 0.103 e. The Morgan fingerprint density at radius 3 is 2.91 bits per heavy atom. The van der Waals surface area contributed by atoms with E-state index in [4.69, 9.17) is 16.6 Å². The lowest BCUT2D eigenvalue weighted by molar-refractivity contribution is 0.648. The summed E-state index contributed by atoms with van der Waals surface area (Å²) in [7, 11) is 0. The van der Waals surface area contributed by atoms with Gasteiger partial charge in [-0.2, -0.15) is 5.10 Å². The van der Waals surface area contributed by atoms with Gasteiger partial charge >= 0.3 is 0 Å². The van der Waals surface area contributed by atoms with Crippen LogP contribution < -0.4 is 16.8 Å². The molecule has 0 amide bonds. The van der Waals surface area contributed by atoms with Crippen LogP contribution in [-0.4, -0.2) is 34.4 Å². The molecule has 7 heteroatoms. The van der Waals surface area contributed by atoms with E-state index >= 15 is 0 Å². The summed E-state index contributed by atoms with van der Waals surface area (Å²) in [5, 5.41) is 9.41. The van der Waals surface area contributed by atoms with Crippen molar-refractivity contribution in [2.45, 2.75) is 16.3 Å². The number of rotatable bonds is 5. The van der Waals surface area contributed by atoms with Crippen LogP contribution in [0.5, 0.6) is 0 Å². The highest BCUT2D eigenvalue weighted by Gasteiger charge is 2.25. The molecule has 1 aromatic carbocycles. The summed E-state index contributed by atoms with van der Waals surface area (Å²) in [6.07, 6.45) is 3.71. The lowest BCUT2D eigenvalue weighted by Crippen LogP contribution is -2.14. The number of aromatic nitrogens is 3. The van der Waals surface area contributed by atoms with Crippen molar-refractivity contribution >= 4 is 28.4 Å². The van der Waals surface area contributed by atoms with Gasteiger partial charge in [0.1, 0.15) is 5.69 Å². The number of fused-ring (bicyclic) bond motifs is 2. The van der Waals surface area contributed by atoms with Crippen LogP contribution >= 0.6 is 11.8 Å². The van der Waals surface area contributed by atoms with Gasteiger partial charge in [-0.05, 0) is 18.2 Å². The molecule has 4 rings (SSSR count). The number of nitrogens with two attached hydrogens (primary N) is 2. The Labute approximate surface area is 138 Å². The van der Waals surface area contributed by atoms with E-state index in [2.05, 4.69) is 22.4 Å². The topological polar surface area (TPSA) is 94.8 Å². The summed E-state index contributed by atoms with van der Waals surface area (Å²) in [5.41, 5.74) is 15.7. The van der Waals surface area contributed by atoms with Crippen LogP contribution in [0.3, 0.4) is 0 Å². The predicted octanol–water partition coefficient (Wildman–Crippen LogP) is 1.89. The minimum Gasteiger partial charge on any atom is -0.383 e. The Balaban J connectivity index is 1.98. The molecule has 3 heterocycles. The van der Waals surface area contributed by atoms with Crippen molar-refractivity contribution in [2.75, 3.05) is 25.0 Å². The summed E-state index contributed by atoms with van der Waals surface area (Å²) in [4.78, 5) is 6.57. The zero-order valence-corrected chi connectivity index (χ0v) is 13.4. The molecule has 0 saturated heterocycles. The van der Waals surface area contributed by atoms with Gasteiger partial charge in [0.2, 0.25) is 0 Å². The molecule has 0 aliphatic carbocycles. The van der Waals surface area contributed by atoms with Gasteiger partial charge in [0.05, 0.1) is 12.1 Å². The van der Waals surface area contributed by atoms with Gasteiger partial charge in [0, 0.05) is 58.5 Å². The molecule has 0 atom stereocenters. The first kappa shape index (κ1) is 14.5. The van der Waals surface area contributed by atoms with Crippen LogP contribution in [0.4, 0.5) is 5.69 Å². The third-order valence-electron chi connectivity index (χ3n) is 3.92. The lowest BCUT2D eigenvalue weighted by Gasteiger charge is -2.18. The minimum atomic E-state index is 0.565. The van der Waals surface area contributed by atoms with Crippen LogP contribution in [0.25, 0.3) is 22.2 Å². The Hall–Kier alpha value is -2.09. The van der Waals surface area contributed by atoms with Gasteiger partial charge in [-0.3, -0.25) is 9.67 Å². The molecule has 0 spiro atoms. The highest BCUT2D eigenvalue weighted by molar-refractivity contribution is 8.00. The van der Waals surface area contributed by atoms with Crippen molar-refractivity contribution in [1.29, 1.82) is 0 Å². The van der Waals surface area contributed by atoms with Crippen molar-refractivity contribution in [2.24, 2.45) is 11.5 Å². The number of hydrogen-bond donors (Lipinski definition) is 3. The van der Waals surface area contributed by atoms with E-state index in [0.717, 1.165) is 33.9 Å². The van der Waals surface area contributed by atoms with Gasteiger partial charge in [-0.15, -0.1) is 0 Å². The highest BCUT2D eigenvalue weighted by Crippen LogP contribution is 2.49. The van der Waals surface area contributed by atoms with Gasteiger partial charge < -0.3 is 16.8 Å². The van der Waals surface area contributed by atoms with Gasteiger partial charge in [0.25, 0.3) is 0 Å². The Kier molecular flexibility index (Phi) is 3.68. The fourth-order valence-electron chi connectivity index (χ4n) is 2.94. The van der Waals surface area contributed by atoms with Crippen LogP contribution in [0, 0.1) is 0 Å². The molecule has 0 bridgehead atoms. The van der Waals surface area contributed by atoms with E-state index in [1.807, 2.05) is 23.1 Å². The second-order valence-electron chi connectivity index (χ2n) is 5.39. The third kappa shape index (κ3) is 2.28.